The zero-order valence-corrected chi connectivity index (χ0v) is 10.8. The lowest BCUT2D eigenvalue weighted by molar-refractivity contribution is -0.113. The molecule has 0 atom stereocenters. The molecule has 0 aromatic carbocycles. The van der Waals surface area contributed by atoms with Crippen LogP contribution in [0.5, 0.6) is 0 Å². The predicted molar refractivity (Wildman–Crippen MR) is 72.6 cm³/mol. The number of anilines is 1. The standard InChI is InChI=1S/C13H13N3OS/c1-10-2-3-13(15-8-10)18-9-12(17)16-11-4-6-14-7-5-11/h2-8H,9H2,1H3,(H,14,16,17). The molecule has 4 nitrogen and oxygen atoms in total. The Labute approximate surface area is 110 Å². The maximum Gasteiger partial charge on any atom is 0.234 e. The maximum atomic E-state index is 11.7. The minimum Gasteiger partial charge on any atom is -0.325 e. The minimum absolute atomic E-state index is 0.0476. The quantitative estimate of drug-likeness (QED) is 0.857. The fraction of sp³-hybridized carbons (Fsp3) is 0.154. The number of hydrogen-bond donors (Lipinski definition) is 1. The number of hydrogen-bond acceptors (Lipinski definition) is 4. The van der Waals surface area contributed by atoms with Gasteiger partial charge in [-0.2, -0.15) is 0 Å². The number of carbonyl (C=O) groups is 1. The highest BCUT2D eigenvalue weighted by molar-refractivity contribution is 7.99. The molecule has 0 saturated carbocycles. The third-order valence-corrected chi connectivity index (χ3v) is 3.14. The molecule has 2 rings (SSSR count). The van der Waals surface area contributed by atoms with Gasteiger partial charge in [-0.1, -0.05) is 17.8 Å². The number of thioether (sulfide) groups is 1. The van der Waals surface area contributed by atoms with E-state index in [1.165, 1.54) is 11.8 Å². The van der Waals surface area contributed by atoms with Crippen LogP contribution in [0.1, 0.15) is 5.56 Å². The lowest BCUT2D eigenvalue weighted by Crippen LogP contribution is -2.13. The third-order valence-electron chi connectivity index (χ3n) is 2.20. The minimum atomic E-state index is -0.0476. The summed E-state index contributed by atoms with van der Waals surface area (Å²) in [5.41, 5.74) is 1.87. The van der Waals surface area contributed by atoms with E-state index in [1.54, 1.807) is 30.7 Å². The summed E-state index contributed by atoms with van der Waals surface area (Å²) in [5, 5.41) is 3.65. The zero-order valence-electron chi connectivity index (χ0n) is 9.96. The van der Waals surface area contributed by atoms with E-state index in [9.17, 15) is 4.79 Å². The Morgan fingerprint density at radius 1 is 1.28 bits per heavy atom. The molecule has 1 N–H and O–H groups in total. The molecule has 0 fully saturated rings. The number of carbonyl (C=O) groups excluding carboxylic acids is 1. The van der Waals surface area contributed by atoms with Gasteiger partial charge in [0, 0.05) is 24.3 Å². The summed E-state index contributed by atoms with van der Waals surface area (Å²) in [4.78, 5) is 19.8. The summed E-state index contributed by atoms with van der Waals surface area (Å²) < 4.78 is 0. The average molecular weight is 259 g/mol. The molecule has 0 aliphatic carbocycles. The Bertz CT molecular complexity index is 514. The number of pyridine rings is 2. The van der Waals surface area contributed by atoms with E-state index in [0.29, 0.717) is 5.75 Å². The lowest BCUT2D eigenvalue weighted by atomic mass is 10.3. The molecule has 5 heteroatoms. The first-order chi connectivity index (χ1) is 8.74. The Morgan fingerprint density at radius 2 is 2.06 bits per heavy atom. The molecule has 2 aromatic heterocycles. The second-order valence-electron chi connectivity index (χ2n) is 3.75. The van der Waals surface area contributed by atoms with Crippen molar-refractivity contribution in [1.29, 1.82) is 0 Å². The molecule has 0 spiro atoms. The zero-order chi connectivity index (χ0) is 12.8. The number of nitrogens with one attached hydrogen (secondary N) is 1. The van der Waals surface area contributed by atoms with Gasteiger partial charge in [0.25, 0.3) is 0 Å². The van der Waals surface area contributed by atoms with Gasteiger partial charge in [0.05, 0.1) is 10.8 Å². The lowest BCUT2D eigenvalue weighted by Gasteiger charge is -2.04. The van der Waals surface area contributed by atoms with Gasteiger partial charge in [-0.3, -0.25) is 9.78 Å². The van der Waals surface area contributed by atoms with Gasteiger partial charge in [0.2, 0.25) is 5.91 Å². The molecule has 2 heterocycles. The van der Waals surface area contributed by atoms with Crippen LogP contribution in [0.4, 0.5) is 5.69 Å². The Hall–Kier alpha value is -1.88. The number of nitrogens with zero attached hydrogens (tertiary/aromatic N) is 2. The van der Waals surface area contributed by atoms with Crippen molar-refractivity contribution in [2.75, 3.05) is 11.1 Å². The molecule has 0 radical (unpaired) electrons. The van der Waals surface area contributed by atoms with Crippen LogP contribution < -0.4 is 5.32 Å². The summed E-state index contributed by atoms with van der Waals surface area (Å²) in [6.07, 6.45) is 5.08. The smallest absolute Gasteiger partial charge is 0.234 e. The second-order valence-corrected chi connectivity index (χ2v) is 4.74. The fourth-order valence-electron chi connectivity index (χ4n) is 1.31. The molecular formula is C13H13N3OS. The van der Waals surface area contributed by atoms with Crippen molar-refractivity contribution in [3.63, 3.8) is 0 Å². The van der Waals surface area contributed by atoms with E-state index in [1.807, 2.05) is 19.1 Å². The van der Waals surface area contributed by atoms with Crippen LogP contribution in [0.2, 0.25) is 0 Å². The molecule has 92 valence electrons. The SMILES string of the molecule is Cc1ccc(SCC(=O)Nc2ccncc2)nc1. The van der Waals surface area contributed by atoms with Crippen molar-refractivity contribution < 1.29 is 4.79 Å². The van der Waals surface area contributed by atoms with Gasteiger partial charge in [0.15, 0.2) is 0 Å². The van der Waals surface area contributed by atoms with Crippen LogP contribution in [-0.4, -0.2) is 21.6 Å². The maximum absolute atomic E-state index is 11.7. The normalized spacial score (nSPS) is 10.1. The fourth-order valence-corrected chi connectivity index (χ4v) is 1.95. The van der Waals surface area contributed by atoms with Crippen LogP contribution in [0.3, 0.4) is 0 Å². The van der Waals surface area contributed by atoms with Gasteiger partial charge >= 0.3 is 0 Å². The largest absolute Gasteiger partial charge is 0.325 e. The van der Waals surface area contributed by atoms with Gasteiger partial charge < -0.3 is 5.32 Å². The molecule has 0 aliphatic rings. The molecule has 18 heavy (non-hydrogen) atoms. The highest BCUT2D eigenvalue weighted by Gasteiger charge is 2.04. The molecule has 0 bridgehead atoms. The van der Waals surface area contributed by atoms with E-state index in [0.717, 1.165) is 16.3 Å². The van der Waals surface area contributed by atoms with Crippen LogP contribution >= 0.6 is 11.8 Å². The van der Waals surface area contributed by atoms with E-state index in [4.69, 9.17) is 0 Å². The van der Waals surface area contributed by atoms with E-state index >= 15 is 0 Å². The number of aryl methyl sites for hydroxylation is 1. The summed E-state index contributed by atoms with van der Waals surface area (Å²) in [7, 11) is 0. The van der Waals surface area contributed by atoms with Crippen molar-refractivity contribution >= 4 is 23.4 Å². The van der Waals surface area contributed by atoms with Gasteiger partial charge in [-0.15, -0.1) is 0 Å². The first-order valence-electron chi connectivity index (χ1n) is 5.49. The van der Waals surface area contributed by atoms with Crippen LogP contribution in [-0.2, 0) is 4.79 Å². The van der Waals surface area contributed by atoms with E-state index in [-0.39, 0.29) is 5.91 Å². The Balaban J connectivity index is 1.83. The highest BCUT2D eigenvalue weighted by atomic mass is 32.2. The van der Waals surface area contributed by atoms with Crippen molar-refractivity contribution in [2.24, 2.45) is 0 Å². The van der Waals surface area contributed by atoms with E-state index < -0.39 is 0 Å². The molecule has 0 unspecified atom stereocenters. The van der Waals surface area contributed by atoms with Crippen LogP contribution in [0.15, 0.2) is 47.9 Å². The number of aromatic nitrogens is 2. The Kier molecular flexibility index (Phi) is 4.30. The van der Waals surface area contributed by atoms with Gasteiger partial charge in [-0.25, -0.2) is 4.98 Å². The molecular weight excluding hydrogens is 246 g/mol. The number of rotatable bonds is 4. The van der Waals surface area contributed by atoms with Gasteiger partial charge in [0.1, 0.15) is 0 Å². The van der Waals surface area contributed by atoms with Crippen LogP contribution in [0, 0.1) is 6.92 Å². The first kappa shape index (κ1) is 12.6. The van der Waals surface area contributed by atoms with E-state index in [2.05, 4.69) is 15.3 Å². The Morgan fingerprint density at radius 3 is 2.72 bits per heavy atom. The highest BCUT2D eigenvalue weighted by Crippen LogP contribution is 2.15. The number of amides is 1. The summed E-state index contributed by atoms with van der Waals surface area (Å²) >= 11 is 1.42. The molecule has 1 amide bonds. The van der Waals surface area contributed by atoms with Crippen LogP contribution in [0.25, 0.3) is 0 Å². The van der Waals surface area contributed by atoms with Crippen molar-refractivity contribution in [3.8, 4) is 0 Å². The van der Waals surface area contributed by atoms with Crippen molar-refractivity contribution in [2.45, 2.75) is 11.9 Å². The van der Waals surface area contributed by atoms with Gasteiger partial charge in [-0.05, 0) is 30.7 Å². The molecule has 0 saturated heterocycles. The summed E-state index contributed by atoms with van der Waals surface area (Å²) in [5.74, 6) is 0.298. The molecule has 0 aliphatic heterocycles. The second kappa shape index (κ2) is 6.16. The average Bonchev–Trinajstić information content (AvgIpc) is 2.39. The van der Waals surface area contributed by atoms with Crippen molar-refractivity contribution in [3.05, 3.63) is 48.4 Å². The molecule has 2 aromatic rings. The van der Waals surface area contributed by atoms with Crippen molar-refractivity contribution in [1.82, 2.24) is 9.97 Å². The predicted octanol–water partition coefficient (Wildman–Crippen LogP) is 2.52. The first-order valence-corrected chi connectivity index (χ1v) is 6.48. The summed E-state index contributed by atoms with van der Waals surface area (Å²) in [6, 6.07) is 7.41. The monoisotopic (exact) mass is 259 g/mol. The third kappa shape index (κ3) is 3.85. The summed E-state index contributed by atoms with van der Waals surface area (Å²) in [6.45, 7) is 1.98. The topological polar surface area (TPSA) is 54.9 Å².